The van der Waals surface area contributed by atoms with E-state index < -0.39 is 0 Å². The first-order chi connectivity index (χ1) is 15.3. The van der Waals surface area contributed by atoms with Crippen LogP contribution in [0.3, 0.4) is 0 Å². The minimum atomic E-state index is 0.245. The molecule has 0 N–H and O–H groups in total. The first kappa shape index (κ1) is 30.1. The third-order valence-electron chi connectivity index (χ3n) is 5.41. The molecule has 4 nitrogen and oxygen atoms in total. The van der Waals surface area contributed by atoms with Gasteiger partial charge in [-0.1, -0.05) is 105 Å². The number of allylic oxidation sites excluding steroid dienone is 1. The lowest BCUT2D eigenvalue weighted by Crippen LogP contribution is -2.10. The van der Waals surface area contributed by atoms with Crippen LogP contribution in [0.2, 0.25) is 0 Å². The predicted molar refractivity (Wildman–Crippen MR) is 132 cm³/mol. The van der Waals surface area contributed by atoms with E-state index in [1.165, 1.54) is 77.0 Å². The van der Waals surface area contributed by atoms with E-state index in [2.05, 4.69) is 27.7 Å². The van der Waals surface area contributed by atoms with Gasteiger partial charge in [-0.05, 0) is 25.7 Å². The van der Waals surface area contributed by atoms with Crippen molar-refractivity contribution >= 4 is 0 Å². The molecular formula is C27H54O4. The van der Waals surface area contributed by atoms with Gasteiger partial charge < -0.3 is 18.9 Å². The second kappa shape index (κ2) is 25.4. The zero-order valence-corrected chi connectivity index (χ0v) is 21.5. The number of hydrogen-bond acceptors (Lipinski definition) is 4. The van der Waals surface area contributed by atoms with Crippen molar-refractivity contribution in [2.24, 2.45) is 0 Å². The lowest BCUT2D eigenvalue weighted by Gasteiger charge is -2.18. The summed E-state index contributed by atoms with van der Waals surface area (Å²) in [5.74, 6) is 1.43. The molecule has 0 amide bonds. The highest BCUT2D eigenvalue weighted by Crippen LogP contribution is 2.19. The molecule has 0 saturated heterocycles. The summed E-state index contributed by atoms with van der Waals surface area (Å²) in [6, 6.07) is 0. The van der Waals surface area contributed by atoms with E-state index in [0.29, 0.717) is 12.6 Å². The van der Waals surface area contributed by atoms with Gasteiger partial charge >= 0.3 is 5.95 Å². The van der Waals surface area contributed by atoms with Crippen LogP contribution in [0.1, 0.15) is 137 Å². The fourth-order valence-corrected chi connectivity index (χ4v) is 3.35. The Kier molecular flexibility index (Phi) is 24.6. The minimum absolute atomic E-state index is 0.245. The summed E-state index contributed by atoms with van der Waals surface area (Å²) in [6.07, 6.45) is 20.2. The Hall–Kier alpha value is -0.900. The van der Waals surface area contributed by atoms with Crippen LogP contribution in [-0.2, 0) is 18.9 Å². The maximum atomic E-state index is 6.13. The molecule has 0 aromatic carbocycles. The second-order valence-corrected chi connectivity index (χ2v) is 8.57. The maximum Gasteiger partial charge on any atom is 0.321 e. The second-order valence-electron chi connectivity index (χ2n) is 8.57. The standard InChI is InChI=1S/C27H54O4/c1-5-9-13-14-15-16-20-22-28-25-31-27(30-24-19-12-8-4)26(21-17-10-6-2)29-23-18-11-7-3/h5-25H2,1-4H3. The monoisotopic (exact) mass is 442 g/mol. The van der Waals surface area contributed by atoms with Crippen molar-refractivity contribution in [2.75, 3.05) is 26.6 Å². The molecule has 0 radical (unpaired) electrons. The average Bonchev–Trinajstić information content (AvgIpc) is 2.78. The smallest absolute Gasteiger partial charge is 0.321 e. The molecule has 0 bridgehead atoms. The fraction of sp³-hybridized carbons (Fsp3) is 0.926. The normalized spacial score (nSPS) is 12.0. The number of ether oxygens (including phenoxy) is 4. The number of hydrogen-bond donors (Lipinski definition) is 0. The van der Waals surface area contributed by atoms with Crippen LogP contribution in [0.5, 0.6) is 0 Å². The highest BCUT2D eigenvalue weighted by molar-refractivity contribution is 4.95. The van der Waals surface area contributed by atoms with E-state index in [0.717, 1.165) is 51.1 Å². The molecule has 0 aromatic heterocycles. The van der Waals surface area contributed by atoms with Crippen LogP contribution in [-0.4, -0.2) is 26.6 Å². The Labute approximate surface area is 194 Å². The van der Waals surface area contributed by atoms with Crippen molar-refractivity contribution in [3.05, 3.63) is 11.7 Å². The molecule has 0 saturated carbocycles. The molecule has 0 aliphatic carbocycles. The van der Waals surface area contributed by atoms with Gasteiger partial charge in [-0.25, -0.2) is 0 Å². The zero-order chi connectivity index (χ0) is 22.8. The third kappa shape index (κ3) is 20.7. The van der Waals surface area contributed by atoms with Crippen LogP contribution in [0.15, 0.2) is 11.7 Å². The SMILES string of the molecule is CCCCCCCCCOCOC(OCCCCC)=C(CCCCC)OCCCCC. The van der Waals surface area contributed by atoms with Crippen LogP contribution in [0.4, 0.5) is 0 Å². The van der Waals surface area contributed by atoms with Gasteiger partial charge in [0.25, 0.3) is 0 Å². The van der Waals surface area contributed by atoms with E-state index in [1.54, 1.807) is 0 Å². The van der Waals surface area contributed by atoms with Gasteiger partial charge in [-0.15, -0.1) is 0 Å². The Balaban J connectivity index is 4.50. The summed E-state index contributed by atoms with van der Waals surface area (Å²) in [7, 11) is 0. The molecule has 0 aromatic rings. The third-order valence-corrected chi connectivity index (χ3v) is 5.41. The molecule has 0 atom stereocenters. The largest absolute Gasteiger partial charge is 0.491 e. The first-order valence-electron chi connectivity index (χ1n) is 13.5. The highest BCUT2D eigenvalue weighted by atomic mass is 16.7. The molecule has 0 aliphatic rings. The minimum Gasteiger partial charge on any atom is -0.491 e. The summed E-state index contributed by atoms with van der Waals surface area (Å²) in [4.78, 5) is 0. The summed E-state index contributed by atoms with van der Waals surface area (Å²) >= 11 is 0. The van der Waals surface area contributed by atoms with E-state index in [9.17, 15) is 0 Å². The van der Waals surface area contributed by atoms with Gasteiger partial charge in [-0.3, -0.25) is 0 Å². The maximum absolute atomic E-state index is 6.13. The zero-order valence-electron chi connectivity index (χ0n) is 21.5. The van der Waals surface area contributed by atoms with Gasteiger partial charge in [0.1, 0.15) is 0 Å². The Morgan fingerprint density at radius 3 is 1.58 bits per heavy atom. The van der Waals surface area contributed by atoms with Crippen LogP contribution < -0.4 is 0 Å². The van der Waals surface area contributed by atoms with Crippen molar-refractivity contribution in [1.82, 2.24) is 0 Å². The molecule has 0 rings (SSSR count). The topological polar surface area (TPSA) is 36.9 Å². The quantitative estimate of drug-likeness (QED) is 0.0803. The first-order valence-corrected chi connectivity index (χ1v) is 13.5. The molecule has 31 heavy (non-hydrogen) atoms. The van der Waals surface area contributed by atoms with E-state index in [-0.39, 0.29) is 6.79 Å². The molecule has 0 unspecified atom stereocenters. The van der Waals surface area contributed by atoms with Gasteiger partial charge in [0.15, 0.2) is 12.6 Å². The van der Waals surface area contributed by atoms with E-state index >= 15 is 0 Å². The van der Waals surface area contributed by atoms with Gasteiger partial charge in [-0.2, -0.15) is 0 Å². The number of unbranched alkanes of at least 4 members (excludes halogenated alkanes) is 12. The Morgan fingerprint density at radius 1 is 0.452 bits per heavy atom. The molecule has 0 fully saturated rings. The summed E-state index contributed by atoms with van der Waals surface area (Å²) < 4.78 is 23.8. The number of rotatable bonds is 25. The molecule has 186 valence electrons. The predicted octanol–water partition coefficient (Wildman–Crippen LogP) is 8.89. The molecule has 0 spiro atoms. The van der Waals surface area contributed by atoms with Gasteiger partial charge in [0, 0.05) is 6.42 Å². The van der Waals surface area contributed by atoms with Crippen molar-refractivity contribution in [2.45, 2.75) is 137 Å². The van der Waals surface area contributed by atoms with Crippen LogP contribution >= 0.6 is 0 Å². The molecule has 0 aliphatic heterocycles. The lowest BCUT2D eigenvalue weighted by atomic mass is 10.1. The molecule has 0 heterocycles. The van der Waals surface area contributed by atoms with Crippen LogP contribution in [0, 0.1) is 0 Å². The van der Waals surface area contributed by atoms with E-state index in [4.69, 9.17) is 18.9 Å². The van der Waals surface area contributed by atoms with Gasteiger partial charge in [0.05, 0.1) is 19.8 Å². The van der Waals surface area contributed by atoms with Crippen molar-refractivity contribution in [3.63, 3.8) is 0 Å². The highest BCUT2D eigenvalue weighted by Gasteiger charge is 2.13. The van der Waals surface area contributed by atoms with Gasteiger partial charge in [0.2, 0.25) is 0 Å². The summed E-state index contributed by atoms with van der Waals surface area (Å²) in [5.41, 5.74) is 0. The van der Waals surface area contributed by atoms with Crippen molar-refractivity contribution < 1.29 is 18.9 Å². The molecule has 4 heteroatoms. The Bertz CT molecular complexity index is 381. The van der Waals surface area contributed by atoms with Crippen LogP contribution in [0.25, 0.3) is 0 Å². The summed E-state index contributed by atoms with van der Waals surface area (Å²) in [6.45, 7) is 11.3. The lowest BCUT2D eigenvalue weighted by molar-refractivity contribution is -0.0845. The average molecular weight is 443 g/mol. The Morgan fingerprint density at radius 2 is 0.935 bits per heavy atom. The fourth-order valence-electron chi connectivity index (χ4n) is 3.35. The van der Waals surface area contributed by atoms with Crippen molar-refractivity contribution in [1.29, 1.82) is 0 Å². The summed E-state index contributed by atoms with van der Waals surface area (Å²) in [5, 5.41) is 0. The van der Waals surface area contributed by atoms with Crippen molar-refractivity contribution in [3.8, 4) is 0 Å². The van der Waals surface area contributed by atoms with E-state index in [1.807, 2.05) is 0 Å². The molecular weight excluding hydrogens is 388 g/mol.